The molecule has 2 rings (SSSR count). The molecule has 6 heteroatoms. The Labute approximate surface area is 124 Å². The quantitative estimate of drug-likeness (QED) is 0.831. The lowest BCUT2D eigenvalue weighted by Gasteiger charge is -2.15. The molecule has 0 heterocycles. The Hall–Kier alpha value is -2.05. The lowest BCUT2D eigenvalue weighted by Crippen LogP contribution is -2.26. The number of rotatable bonds is 5. The van der Waals surface area contributed by atoms with Crippen molar-refractivity contribution in [3.8, 4) is 5.75 Å². The Kier molecular flexibility index (Phi) is 4.50. The first kappa shape index (κ1) is 15.3. The first-order valence-corrected chi connectivity index (χ1v) is 7.92. The number of ether oxygens (including phenoxy) is 1. The molecule has 0 amide bonds. The van der Waals surface area contributed by atoms with Crippen molar-refractivity contribution in [2.45, 2.75) is 17.9 Å². The smallest absolute Gasteiger partial charge is 0.241 e. The molecule has 0 fully saturated rings. The molecule has 1 atom stereocenters. The SMILES string of the molecule is COc1ccc(S(=O)(=O)NC(C)c2cccc(N)c2)cc1. The molecule has 0 spiro atoms. The van der Waals surface area contributed by atoms with E-state index in [9.17, 15) is 8.42 Å². The van der Waals surface area contributed by atoms with E-state index in [0.717, 1.165) is 5.56 Å². The largest absolute Gasteiger partial charge is 0.497 e. The molecule has 21 heavy (non-hydrogen) atoms. The van der Waals surface area contributed by atoms with Crippen LogP contribution in [-0.4, -0.2) is 15.5 Å². The Balaban J connectivity index is 2.20. The van der Waals surface area contributed by atoms with Gasteiger partial charge >= 0.3 is 0 Å². The van der Waals surface area contributed by atoms with E-state index in [2.05, 4.69) is 4.72 Å². The third kappa shape index (κ3) is 3.74. The zero-order chi connectivity index (χ0) is 15.5. The summed E-state index contributed by atoms with van der Waals surface area (Å²) in [6.45, 7) is 1.77. The van der Waals surface area contributed by atoms with Crippen molar-refractivity contribution in [2.75, 3.05) is 12.8 Å². The maximum Gasteiger partial charge on any atom is 0.241 e. The molecule has 3 N–H and O–H groups in total. The fourth-order valence-electron chi connectivity index (χ4n) is 1.95. The molecule has 0 aliphatic carbocycles. The minimum absolute atomic E-state index is 0.194. The maximum atomic E-state index is 12.3. The summed E-state index contributed by atoms with van der Waals surface area (Å²) < 4.78 is 32.3. The summed E-state index contributed by atoms with van der Waals surface area (Å²) in [5.74, 6) is 0.609. The Morgan fingerprint density at radius 2 is 1.81 bits per heavy atom. The van der Waals surface area contributed by atoms with Gasteiger partial charge in [0.2, 0.25) is 10.0 Å². The number of nitrogens with one attached hydrogen (secondary N) is 1. The fraction of sp³-hybridized carbons (Fsp3) is 0.200. The van der Waals surface area contributed by atoms with Crippen LogP contribution < -0.4 is 15.2 Å². The highest BCUT2D eigenvalue weighted by molar-refractivity contribution is 7.89. The molecular formula is C15H18N2O3S. The van der Waals surface area contributed by atoms with Crippen LogP contribution >= 0.6 is 0 Å². The van der Waals surface area contributed by atoms with Crippen molar-refractivity contribution in [1.82, 2.24) is 4.72 Å². The highest BCUT2D eigenvalue weighted by Crippen LogP contribution is 2.20. The summed E-state index contributed by atoms with van der Waals surface area (Å²) in [4.78, 5) is 0.194. The van der Waals surface area contributed by atoms with E-state index in [1.165, 1.54) is 19.2 Å². The van der Waals surface area contributed by atoms with Gasteiger partial charge in [0, 0.05) is 11.7 Å². The predicted molar refractivity (Wildman–Crippen MR) is 82.6 cm³/mol. The molecule has 0 aliphatic rings. The van der Waals surface area contributed by atoms with E-state index in [0.29, 0.717) is 11.4 Å². The third-order valence-corrected chi connectivity index (χ3v) is 4.67. The summed E-state index contributed by atoms with van der Waals surface area (Å²) in [7, 11) is -2.06. The zero-order valence-corrected chi connectivity index (χ0v) is 12.7. The number of sulfonamides is 1. The third-order valence-electron chi connectivity index (χ3n) is 3.11. The van der Waals surface area contributed by atoms with Gasteiger partial charge in [0.15, 0.2) is 0 Å². The molecular weight excluding hydrogens is 288 g/mol. The van der Waals surface area contributed by atoms with Gasteiger partial charge in [0.05, 0.1) is 12.0 Å². The first-order chi connectivity index (χ1) is 9.92. The van der Waals surface area contributed by atoms with E-state index in [-0.39, 0.29) is 10.9 Å². The number of hydrogen-bond donors (Lipinski definition) is 2. The lowest BCUT2D eigenvalue weighted by molar-refractivity contribution is 0.414. The monoisotopic (exact) mass is 306 g/mol. The van der Waals surface area contributed by atoms with E-state index in [1.54, 1.807) is 37.3 Å². The van der Waals surface area contributed by atoms with Crippen LogP contribution in [0, 0.1) is 0 Å². The van der Waals surface area contributed by atoms with E-state index < -0.39 is 10.0 Å². The molecule has 1 unspecified atom stereocenters. The number of nitrogen functional groups attached to an aromatic ring is 1. The van der Waals surface area contributed by atoms with Crippen LogP contribution in [0.25, 0.3) is 0 Å². The average Bonchev–Trinajstić information content (AvgIpc) is 2.47. The van der Waals surface area contributed by atoms with Crippen molar-refractivity contribution >= 4 is 15.7 Å². The minimum atomic E-state index is -3.59. The predicted octanol–water partition coefficient (Wildman–Crippen LogP) is 2.32. The molecule has 112 valence electrons. The lowest BCUT2D eigenvalue weighted by atomic mass is 10.1. The summed E-state index contributed by atoms with van der Waals surface area (Å²) in [5.41, 5.74) is 7.12. The van der Waals surface area contributed by atoms with Crippen LogP contribution in [0.1, 0.15) is 18.5 Å². The highest BCUT2D eigenvalue weighted by atomic mass is 32.2. The molecule has 2 aromatic carbocycles. The maximum absolute atomic E-state index is 12.3. The molecule has 2 aromatic rings. The normalized spacial score (nSPS) is 12.9. The summed E-state index contributed by atoms with van der Waals surface area (Å²) in [6, 6.07) is 13.0. The van der Waals surface area contributed by atoms with Crippen molar-refractivity contribution < 1.29 is 13.2 Å². The molecule has 5 nitrogen and oxygen atoms in total. The number of nitrogens with two attached hydrogens (primary N) is 1. The summed E-state index contributed by atoms with van der Waals surface area (Å²) >= 11 is 0. The average molecular weight is 306 g/mol. The molecule has 0 bridgehead atoms. The van der Waals surface area contributed by atoms with Crippen LogP contribution in [0.5, 0.6) is 5.75 Å². The van der Waals surface area contributed by atoms with Gasteiger partial charge in [-0.05, 0) is 48.9 Å². The van der Waals surface area contributed by atoms with Crippen LogP contribution in [0.3, 0.4) is 0 Å². The first-order valence-electron chi connectivity index (χ1n) is 6.44. The van der Waals surface area contributed by atoms with Crippen LogP contribution in [0.2, 0.25) is 0 Å². The molecule has 0 radical (unpaired) electrons. The Morgan fingerprint density at radius 3 is 2.38 bits per heavy atom. The topological polar surface area (TPSA) is 81.4 Å². The van der Waals surface area contributed by atoms with Gasteiger partial charge in [0.25, 0.3) is 0 Å². The van der Waals surface area contributed by atoms with E-state index in [1.807, 2.05) is 6.07 Å². The molecule has 0 aromatic heterocycles. The minimum Gasteiger partial charge on any atom is -0.497 e. The zero-order valence-electron chi connectivity index (χ0n) is 11.9. The molecule has 0 saturated carbocycles. The number of methoxy groups -OCH3 is 1. The van der Waals surface area contributed by atoms with Crippen LogP contribution in [0.4, 0.5) is 5.69 Å². The van der Waals surface area contributed by atoms with Gasteiger partial charge in [-0.15, -0.1) is 0 Å². The Bertz CT molecular complexity index is 712. The van der Waals surface area contributed by atoms with Gasteiger partial charge in [0.1, 0.15) is 5.75 Å². The van der Waals surface area contributed by atoms with E-state index >= 15 is 0 Å². The number of hydrogen-bond acceptors (Lipinski definition) is 4. The summed E-state index contributed by atoms with van der Waals surface area (Å²) in [5, 5.41) is 0. The van der Waals surface area contributed by atoms with Crippen LogP contribution in [-0.2, 0) is 10.0 Å². The summed E-state index contributed by atoms with van der Waals surface area (Å²) in [6.07, 6.45) is 0. The molecule has 0 aliphatic heterocycles. The van der Waals surface area contributed by atoms with Crippen molar-refractivity contribution in [2.24, 2.45) is 0 Å². The standard InChI is InChI=1S/C15H18N2O3S/c1-11(12-4-3-5-13(16)10-12)17-21(18,19)15-8-6-14(20-2)7-9-15/h3-11,17H,16H2,1-2H3. The Morgan fingerprint density at radius 1 is 1.14 bits per heavy atom. The van der Waals surface area contributed by atoms with Crippen molar-refractivity contribution in [1.29, 1.82) is 0 Å². The number of benzene rings is 2. The van der Waals surface area contributed by atoms with Gasteiger partial charge in [-0.1, -0.05) is 12.1 Å². The van der Waals surface area contributed by atoms with Crippen molar-refractivity contribution in [3.05, 3.63) is 54.1 Å². The van der Waals surface area contributed by atoms with Crippen LogP contribution in [0.15, 0.2) is 53.4 Å². The van der Waals surface area contributed by atoms with Gasteiger partial charge in [-0.25, -0.2) is 13.1 Å². The van der Waals surface area contributed by atoms with Crippen molar-refractivity contribution in [3.63, 3.8) is 0 Å². The second-order valence-corrected chi connectivity index (χ2v) is 6.40. The van der Waals surface area contributed by atoms with E-state index in [4.69, 9.17) is 10.5 Å². The van der Waals surface area contributed by atoms with Gasteiger partial charge < -0.3 is 10.5 Å². The second kappa shape index (κ2) is 6.15. The fourth-order valence-corrected chi connectivity index (χ4v) is 3.18. The van der Waals surface area contributed by atoms with Gasteiger partial charge in [-0.2, -0.15) is 0 Å². The highest BCUT2D eigenvalue weighted by Gasteiger charge is 2.18. The van der Waals surface area contributed by atoms with Gasteiger partial charge in [-0.3, -0.25) is 0 Å². The number of anilines is 1. The second-order valence-electron chi connectivity index (χ2n) is 4.69. The molecule has 0 saturated heterocycles.